The molecule has 2 fully saturated rings. The predicted octanol–water partition coefficient (Wildman–Crippen LogP) is 2.04. The first-order valence-electron chi connectivity index (χ1n) is 5.55. The lowest BCUT2D eigenvalue weighted by molar-refractivity contribution is 0.235. The predicted molar refractivity (Wildman–Crippen MR) is 59.3 cm³/mol. The Morgan fingerprint density at radius 3 is 2.53 bits per heavy atom. The second kappa shape index (κ2) is 3.81. The molecule has 0 radical (unpaired) electrons. The molecule has 0 aromatic heterocycles. The molecule has 1 aliphatic carbocycles. The molecule has 0 aromatic rings. The van der Waals surface area contributed by atoms with Gasteiger partial charge in [0.05, 0.1) is 23.4 Å². The van der Waals surface area contributed by atoms with Crippen molar-refractivity contribution in [3.05, 3.63) is 11.8 Å². The Bertz CT molecular complexity index is 361. The van der Waals surface area contributed by atoms with Gasteiger partial charge in [-0.1, -0.05) is 0 Å². The third kappa shape index (κ3) is 2.36. The lowest BCUT2D eigenvalue weighted by atomic mass is 10.1. The van der Waals surface area contributed by atoms with Crippen LogP contribution in [-0.2, 0) is 14.6 Å². The first-order chi connectivity index (χ1) is 7.04. The van der Waals surface area contributed by atoms with E-state index in [4.69, 9.17) is 4.74 Å². The van der Waals surface area contributed by atoms with Crippen LogP contribution in [0.25, 0.3) is 0 Å². The second-order valence-corrected chi connectivity index (χ2v) is 7.32. The molecule has 1 saturated heterocycles. The van der Waals surface area contributed by atoms with Crippen LogP contribution < -0.4 is 0 Å². The molecule has 2 rings (SSSR count). The third-order valence-electron chi connectivity index (χ3n) is 3.40. The van der Waals surface area contributed by atoms with E-state index in [2.05, 4.69) is 0 Å². The van der Waals surface area contributed by atoms with E-state index in [1.807, 2.05) is 6.26 Å². The van der Waals surface area contributed by atoms with Crippen LogP contribution in [0.3, 0.4) is 0 Å². The highest BCUT2D eigenvalue weighted by molar-refractivity contribution is 8.00. The van der Waals surface area contributed by atoms with Crippen LogP contribution >= 0.6 is 0 Å². The fourth-order valence-corrected chi connectivity index (χ4v) is 3.57. The van der Waals surface area contributed by atoms with Gasteiger partial charge in [0.1, 0.15) is 0 Å². The molecule has 2 aliphatic rings. The maximum atomic E-state index is 11.2. The minimum absolute atomic E-state index is 0.333. The van der Waals surface area contributed by atoms with Crippen molar-refractivity contribution < 1.29 is 13.2 Å². The van der Waals surface area contributed by atoms with Gasteiger partial charge in [0.25, 0.3) is 0 Å². The van der Waals surface area contributed by atoms with Crippen LogP contribution in [0.2, 0.25) is 0 Å². The highest BCUT2D eigenvalue weighted by Gasteiger charge is 2.56. The van der Waals surface area contributed by atoms with Crippen molar-refractivity contribution in [2.75, 3.05) is 12.4 Å². The van der Waals surface area contributed by atoms with E-state index in [-0.39, 0.29) is 0 Å². The SMILES string of the molecule is CC1(CCOC=C2CCCC2)CS1(=O)=O. The molecule has 1 saturated carbocycles. The Balaban J connectivity index is 1.70. The summed E-state index contributed by atoms with van der Waals surface area (Å²) < 4.78 is 27.3. The Morgan fingerprint density at radius 2 is 2.00 bits per heavy atom. The first kappa shape index (κ1) is 11.0. The van der Waals surface area contributed by atoms with Crippen LogP contribution in [-0.4, -0.2) is 25.5 Å². The molecule has 0 spiro atoms. The van der Waals surface area contributed by atoms with Crippen molar-refractivity contribution in [2.45, 2.75) is 43.8 Å². The van der Waals surface area contributed by atoms with Gasteiger partial charge in [-0.2, -0.15) is 0 Å². The van der Waals surface area contributed by atoms with Gasteiger partial charge in [-0.15, -0.1) is 0 Å². The van der Waals surface area contributed by atoms with E-state index in [9.17, 15) is 8.42 Å². The number of hydrogen-bond donors (Lipinski definition) is 0. The lowest BCUT2D eigenvalue weighted by Crippen LogP contribution is -2.10. The standard InChI is InChI=1S/C11H18O3S/c1-11(9-15(11,12)13)6-7-14-8-10-4-2-3-5-10/h8H,2-7,9H2,1H3. The average Bonchev–Trinajstić information content (AvgIpc) is 2.57. The van der Waals surface area contributed by atoms with Gasteiger partial charge >= 0.3 is 0 Å². The molecule has 0 amide bonds. The molecular weight excluding hydrogens is 212 g/mol. The summed E-state index contributed by atoms with van der Waals surface area (Å²) in [4.78, 5) is 0. The largest absolute Gasteiger partial charge is 0.501 e. The highest BCUT2D eigenvalue weighted by atomic mass is 32.2. The molecule has 0 N–H and O–H groups in total. The van der Waals surface area contributed by atoms with Gasteiger partial charge in [0.2, 0.25) is 0 Å². The number of rotatable bonds is 4. The van der Waals surface area contributed by atoms with E-state index in [1.165, 1.54) is 18.4 Å². The van der Waals surface area contributed by atoms with E-state index >= 15 is 0 Å². The molecule has 4 heteroatoms. The normalized spacial score (nSPS) is 32.7. The summed E-state index contributed by atoms with van der Waals surface area (Å²) in [7, 11) is -2.76. The Kier molecular flexibility index (Phi) is 2.79. The Hall–Kier alpha value is -0.510. The molecule has 0 bridgehead atoms. The van der Waals surface area contributed by atoms with Crippen molar-refractivity contribution in [3.63, 3.8) is 0 Å². The highest BCUT2D eigenvalue weighted by Crippen LogP contribution is 2.39. The fourth-order valence-electron chi connectivity index (χ4n) is 2.00. The van der Waals surface area contributed by atoms with Gasteiger partial charge in [0.15, 0.2) is 9.84 Å². The summed E-state index contributed by atoms with van der Waals surface area (Å²) in [6.45, 7) is 2.33. The lowest BCUT2D eigenvalue weighted by Gasteiger charge is -2.05. The topological polar surface area (TPSA) is 43.4 Å². The first-order valence-corrected chi connectivity index (χ1v) is 7.21. The molecule has 3 nitrogen and oxygen atoms in total. The molecule has 86 valence electrons. The molecular formula is C11H18O3S. The maximum absolute atomic E-state index is 11.2. The van der Waals surface area contributed by atoms with Crippen LogP contribution in [0.1, 0.15) is 39.0 Å². The number of allylic oxidation sites excluding steroid dienone is 1. The van der Waals surface area contributed by atoms with Gasteiger partial charge < -0.3 is 4.74 Å². The summed E-state index contributed by atoms with van der Waals surface area (Å²) in [5.41, 5.74) is 1.37. The minimum atomic E-state index is -2.76. The van der Waals surface area contributed by atoms with Crippen LogP contribution in [0.4, 0.5) is 0 Å². The molecule has 1 heterocycles. The summed E-state index contributed by atoms with van der Waals surface area (Å²) in [5, 5.41) is 0. The van der Waals surface area contributed by atoms with Crippen LogP contribution in [0, 0.1) is 0 Å². The average molecular weight is 230 g/mol. The molecule has 15 heavy (non-hydrogen) atoms. The Morgan fingerprint density at radius 1 is 1.40 bits per heavy atom. The van der Waals surface area contributed by atoms with Gasteiger partial charge in [0, 0.05) is 6.42 Å². The van der Waals surface area contributed by atoms with E-state index < -0.39 is 14.6 Å². The van der Waals surface area contributed by atoms with Crippen molar-refractivity contribution in [1.82, 2.24) is 0 Å². The monoisotopic (exact) mass is 230 g/mol. The van der Waals surface area contributed by atoms with Crippen molar-refractivity contribution in [2.24, 2.45) is 0 Å². The van der Waals surface area contributed by atoms with Gasteiger partial charge in [-0.3, -0.25) is 0 Å². The van der Waals surface area contributed by atoms with Crippen molar-refractivity contribution in [1.29, 1.82) is 0 Å². The summed E-state index contributed by atoms with van der Waals surface area (Å²) >= 11 is 0. The smallest absolute Gasteiger partial charge is 0.158 e. The van der Waals surface area contributed by atoms with E-state index in [1.54, 1.807) is 6.92 Å². The maximum Gasteiger partial charge on any atom is 0.158 e. The summed E-state index contributed by atoms with van der Waals surface area (Å²) in [6, 6.07) is 0. The van der Waals surface area contributed by atoms with Crippen molar-refractivity contribution in [3.8, 4) is 0 Å². The zero-order chi connectivity index (χ0) is 10.9. The summed E-state index contributed by atoms with van der Waals surface area (Å²) in [6.07, 6.45) is 7.29. The molecule has 0 aromatic carbocycles. The van der Waals surface area contributed by atoms with Gasteiger partial charge in [-0.05, 0) is 38.2 Å². The van der Waals surface area contributed by atoms with Crippen LogP contribution in [0.5, 0.6) is 0 Å². The zero-order valence-corrected chi connectivity index (χ0v) is 9.98. The molecule has 1 atom stereocenters. The zero-order valence-electron chi connectivity index (χ0n) is 9.16. The minimum Gasteiger partial charge on any atom is -0.501 e. The van der Waals surface area contributed by atoms with E-state index in [0.29, 0.717) is 18.8 Å². The third-order valence-corrected chi connectivity index (χ3v) is 5.92. The molecule has 1 unspecified atom stereocenters. The Labute approximate surface area is 91.4 Å². The van der Waals surface area contributed by atoms with E-state index in [0.717, 1.165) is 12.8 Å². The molecule has 1 aliphatic heterocycles. The van der Waals surface area contributed by atoms with Gasteiger partial charge in [-0.25, -0.2) is 8.42 Å². The summed E-state index contributed by atoms with van der Waals surface area (Å²) in [5.74, 6) is 0.333. The quantitative estimate of drug-likeness (QED) is 0.422. The second-order valence-electron chi connectivity index (χ2n) is 4.81. The van der Waals surface area contributed by atoms with Crippen molar-refractivity contribution >= 4 is 9.84 Å². The number of ether oxygens (including phenoxy) is 1. The number of sulfone groups is 1. The number of hydrogen-bond acceptors (Lipinski definition) is 3. The fraction of sp³-hybridized carbons (Fsp3) is 0.818. The van der Waals surface area contributed by atoms with Crippen LogP contribution in [0.15, 0.2) is 11.8 Å².